The van der Waals surface area contributed by atoms with Gasteiger partial charge in [0.1, 0.15) is 12.4 Å². The lowest BCUT2D eigenvalue weighted by Gasteiger charge is -2.36. The van der Waals surface area contributed by atoms with Gasteiger partial charge in [-0.05, 0) is 31.0 Å². The maximum Gasteiger partial charge on any atom is 0.251 e. The van der Waals surface area contributed by atoms with Crippen molar-refractivity contribution in [3.05, 3.63) is 23.8 Å². The third-order valence-corrected chi connectivity index (χ3v) is 5.04. The lowest BCUT2D eigenvalue weighted by atomic mass is 10.1. The van der Waals surface area contributed by atoms with E-state index in [2.05, 4.69) is 10.2 Å². The van der Waals surface area contributed by atoms with Crippen LogP contribution in [0.15, 0.2) is 18.2 Å². The fourth-order valence-corrected chi connectivity index (χ4v) is 3.41. The van der Waals surface area contributed by atoms with E-state index in [4.69, 9.17) is 9.47 Å². The third kappa shape index (κ3) is 4.09. The van der Waals surface area contributed by atoms with Gasteiger partial charge in [0.05, 0.1) is 24.8 Å². The summed E-state index contributed by atoms with van der Waals surface area (Å²) in [6, 6.07) is 5.37. The van der Waals surface area contributed by atoms with E-state index < -0.39 is 0 Å². The van der Waals surface area contributed by atoms with Gasteiger partial charge in [0.15, 0.2) is 0 Å². The van der Waals surface area contributed by atoms with Crippen LogP contribution < -0.4 is 15.0 Å². The van der Waals surface area contributed by atoms with E-state index >= 15 is 0 Å². The van der Waals surface area contributed by atoms with Crippen LogP contribution in [0.1, 0.15) is 29.6 Å². The van der Waals surface area contributed by atoms with Crippen molar-refractivity contribution in [1.82, 2.24) is 10.2 Å². The van der Waals surface area contributed by atoms with Crippen LogP contribution in [0.25, 0.3) is 0 Å². The highest BCUT2D eigenvalue weighted by Gasteiger charge is 2.29. The molecule has 0 saturated carbocycles. The number of fused-ring (bicyclic) bond motifs is 1. The number of benzene rings is 1. The molecule has 142 valence electrons. The predicted octanol–water partition coefficient (Wildman–Crippen LogP) is 1.27. The maximum atomic E-state index is 12.5. The average molecular weight is 361 g/mol. The van der Waals surface area contributed by atoms with Crippen LogP contribution in [0.2, 0.25) is 0 Å². The van der Waals surface area contributed by atoms with Crippen molar-refractivity contribution in [3.63, 3.8) is 0 Å². The summed E-state index contributed by atoms with van der Waals surface area (Å²) in [7, 11) is 3.55. The zero-order chi connectivity index (χ0) is 18.5. The van der Waals surface area contributed by atoms with Gasteiger partial charge < -0.3 is 24.6 Å². The second-order valence-corrected chi connectivity index (χ2v) is 6.80. The highest BCUT2D eigenvalue weighted by Crippen LogP contribution is 2.34. The van der Waals surface area contributed by atoms with Crippen molar-refractivity contribution in [2.75, 3.05) is 51.9 Å². The summed E-state index contributed by atoms with van der Waals surface area (Å²) in [4.78, 5) is 28.7. The van der Waals surface area contributed by atoms with Crippen molar-refractivity contribution < 1.29 is 19.1 Å². The van der Waals surface area contributed by atoms with Crippen molar-refractivity contribution in [2.45, 2.75) is 25.3 Å². The Hall–Kier alpha value is -2.28. The number of amides is 2. The molecule has 2 heterocycles. The van der Waals surface area contributed by atoms with Gasteiger partial charge in [0, 0.05) is 39.4 Å². The van der Waals surface area contributed by atoms with Gasteiger partial charge in [-0.3, -0.25) is 9.59 Å². The Kier molecular flexibility index (Phi) is 5.98. The molecule has 0 aliphatic carbocycles. The van der Waals surface area contributed by atoms with Crippen LogP contribution >= 0.6 is 0 Å². The van der Waals surface area contributed by atoms with E-state index in [1.54, 1.807) is 13.2 Å². The van der Waals surface area contributed by atoms with Crippen molar-refractivity contribution >= 4 is 17.5 Å². The standard InChI is InChI=1S/C19H27N3O4/c1-21-15(12-18(23)22-8-3-4-9-22)13-26-17-6-5-14(11-16(17)21)19(24)20-7-10-25-2/h5-6,11,15H,3-4,7-10,12-13H2,1-2H3,(H,20,24). The first-order valence-corrected chi connectivity index (χ1v) is 9.14. The van der Waals surface area contributed by atoms with E-state index in [0.717, 1.165) is 37.4 Å². The molecule has 7 nitrogen and oxygen atoms in total. The smallest absolute Gasteiger partial charge is 0.251 e. The second-order valence-electron chi connectivity index (χ2n) is 6.80. The number of carbonyl (C=O) groups is 2. The molecule has 1 unspecified atom stereocenters. The van der Waals surface area contributed by atoms with Crippen LogP contribution in [0.4, 0.5) is 5.69 Å². The van der Waals surface area contributed by atoms with Gasteiger partial charge in [-0.1, -0.05) is 0 Å². The average Bonchev–Trinajstić information content (AvgIpc) is 3.19. The Morgan fingerprint density at radius 3 is 2.81 bits per heavy atom. The molecule has 2 aliphatic rings. The van der Waals surface area contributed by atoms with E-state index in [0.29, 0.717) is 31.7 Å². The summed E-state index contributed by atoms with van der Waals surface area (Å²) >= 11 is 0. The summed E-state index contributed by atoms with van der Waals surface area (Å²) in [6.07, 6.45) is 2.61. The molecule has 2 amide bonds. The molecule has 1 aromatic carbocycles. The molecule has 0 radical (unpaired) electrons. The van der Waals surface area contributed by atoms with E-state index in [1.165, 1.54) is 0 Å². The molecule has 7 heteroatoms. The normalized spacial score (nSPS) is 19.1. The van der Waals surface area contributed by atoms with Crippen LogP contribution in [0, 0.1) is 0 Å². The minimum Gasteiger partial charge on any atom is -0.489 e. The molecule has 26 heavy (non-hydrogen) atoms. The zero-order valence-corrected chi connectivity index (χ0v) is 15.5. The molecule has 0 bridgehead atoms. The number of hydrogen-bond acceptors (Lipinski definition) is 5. The number of methoxy groups -OCH3 is 1. The number of likely N-dealkylation sites (tertiary alicyclic amines) is 1. The highest BCUT2D eigenvalue weighted by atomic mass is 16.5. The van der Waals surface area contributed by atoms with Gasteiger partial charge in [0.2, 0.25) is 5.91 Å². The summed E-state index contributed by atoms with van der Waals surface area (Å²) in [5.41, 5.74) is 1.41. The molecular formula is C19H27N3O4. The van der Waals surface area contributed by atoms with Gasteiger partial charge in [-0.25, -0.2) is 0 Å². The zero-order valence-electron chi connectivity index (χ0n) is 15.5. The van der Waals surface area contributed by atoms with E-state index in [1.807, 2.05) is 24.1 Å². The molecule has 3 rings (SSSR count). The largest absolute Gasteiger partial charge is 0.489 e. The number of carbonyl (C=O) groups excluding carboxylic acids is 2. The van der Waals surface area contributed by atoms with Gasteiger partial charge >= 0.3 is 0 Å². The second kappa shape index (κ2) is 8.40. The molecule has 2 aliphatic heterocycles. The first-order chi connectivity index (χ1) is 12.6. The molecule has 1 fully saturated rings. The molecule has 0 aromatic heterocycles. The quantitative estimate of drug-likeness (QED) is 0.773. The van der Waals surface area contributed by atoms with Crippen molar-refractivity contribution in [3.8, 4) is 5.75 Å². The number of nitrogens with zero attached hydrogens (tertiary/aromatic N) is 2. The van der Waals surface area contributed by atoms with E-state index in [9.17, 15) is 9.59 Å². The van der Waals surface area contributed by atoms with Crippen molar-refractivity contribution in [2.24, 2.45) is 0 Å². The SMILES string of the molecule is COCCNC(=O)c1ccc2c(c1)N(C)C(CC(=O)N1CCCC1)CO2. The Labute approximate surface area is 154 Å². The number of rotatable bonds is 6. The predicted molar refractivity (Wildman–Crippen MR) is 98.8 cm³/mol. The number of nitrogens with one attached hydrogen (secondary N) is 1. The fourth-order valence-electron chi connectivity index (χ4n) is 3.41. The van der Waals surface area contributed by atoms with Crippen LogP contribution in [-0.2, 0) is 9.53 Å². The highest BCUT2D eigenvalue weighted by molar-refractivity contribution is 5.95. The summed E-state index contributed by atoms with van der Waals surface area (Å²) in [5.74, 6) is 0.777. The first kappa shape index (κ1) is 18.5. The fraction of sp³-hybridized carbons (Fsp3) is 0.579. The van der Waals surface area contributed by atoms with Crippen LogP contribution in [0.3, 0.4) is 0 Å². The monoisotopic (exact) mass is 361 g/mol. The Bertz CT molecular complexity index is 658. The molecule has 1 N–H and O–H groups in total. The lowest BCUT2D eigenvalue weighted by molar-refractivity contribution is -0.130. The summed E-state index contributed by atoms with van der Waals surface area (Å²) < 4.78 is 10.8. The molecular weight excluding hydrogens is 334 g/mol. The van der Waals surface area contributed by atoms with Crippen LogP contribution in [0.5, 0.6) is 5.75 Å². The number of likely N-dealkylation sites (N-methyl/N-ethyl adjacent to an activating group) is 1. The van der Waals surface area contributed by atoms with Gasteiger partial charge in [-0.15, -0.1) is 0 Å². The number of ether oxygens (including phenoxy) is 2. The Morgan fingerprint density at radius 2 is 2.08 bits per heavy atom. The molecule has 1 saturated heterocycles. The van der Waals surface area contributed by atoms with Gasteiger partial charge in [-0.2, -0.15) is 0 Å². The number of anilines is 1. The summed E-state index contributed by atoms with van der Waals surface area (Å²) in [5, 5.41) is 2.82. The maximum absolute atomic E-state index is 12.5. The molecule has 1 aromatic rings. The Morgan fingerprint density at radius 1 is 1.31 bits per heavy atom. The minimum atomic E-state index is -0.145. The van der Waals surface area contributed by atoms with Crippen molar-refractivity contribution in [1.29, 1.82) is 0 Å². The molecule has 0 spiro atoms. The minimum absolute atomic E-state index is 0.0256. The first-order valence-electron chi connectivity index (χ1n) is 9.14. The lowest BCUT2D eigenvalue weighted by Crippen LogP contribution is -2.44. The topological polar surface area (TPSA) is 71.1 Å². The van der Waals surface area contributed by atoms with E-state index in [-0.39, 0.29) is 17.9 Å². The molecule has 1 atom stereocenters. The van der Waals surface area contributed by atoms with Crippen LogP contribution in [-0.4, -0.2) is 69.8 Å². The third-order valence-electron chi connectivity index (χ3n) is 5.04. The summed E-state index contributed by atoms with van der Waals surface area (Å²) in [6.45, 7) is 3.13. The number of hydrogen-bond donors (Lipinski definition) is 1. The Balaban J connectivity index is 1.67. The van der Waals surface area contributed by atoms with Gasteiger partial charge in [0.25, 0.3) is 5.91 Å².